The van der Waals surface area contributed by atoms with Gasteiger partial charge in [-0.05, 0) is 0 Å². The van der Waals surface area contributed by atoms with Gasteiger partial charge in [-0.3, -0.25) is 0 Å². The molecule has 2 N–H and O–H groups in total. The zero-order valence-electron chi connectivity index (χ0n) is 6.53. The molecular formula is C6H8O6. The molecule has 6 nitrogen and oxygen atoms in total. The number of rotatable bonds is 2. The number of esters is 2. The van der Waals surface area contributed by atoms with Gasteiger partial charge in [-0.15, -0.1) is 0 Å². The number of ether oxygens (including phenoxy) is 2. The van der Waals surface area contributed by atoms with Crippen molar-refractivity contribution in [3.8, 4) is 0 Å². The van der Waals surface area contributed by atoms with E-state index in [4.69, 9.17) is 10.2 Å². The number of aliphatic hydroxyl groups is 2. The summed E-state index contributed by atoms with van der Waals surface area (Å²) in [7, 11) is 1.98. The topological polar surface area (TPSA) is 93.1 Å². The first-order valence-corrected chi connectivity index (χ1v) is 2.83. The Balaban J connectivity index is 4.68. The molecule has 0 rings (SSSR count). The molecule has 12 heavy (non-hydrogen) atoms. The van der Waals surface area contributed by atoms with Crippen molar-refractivity contribution in [1.82, 2.24) is 0 Å². The normalized spacial score (nSPS) is 11.5. The molecule has 68 valence electrons. The summed E-state index contributed by atoms with van der Waals surface area (Å²) in [4.78, 5) is 21.0. The monoisotopic (exact) mass is 176 g/mol. The Labute approximate surface area is 68.0 Å². The molecule has 0 amide bonds. The largest absolute Gasteiger partial charge is 0.499 e. The van der Waals surface area contributed by atoms with Gasteiger partial charge in [0.2, 0.25) is 0 Å². The first-order chi connectivity index (χ1) is 5.54. The predicted molar refractivity (Wildman–Crippen MR) is 36.3 cm³/mol. The van der Waals surface area contributed by atoms with E-state index in [1.807, 2.05) is 0 Å². The zero-order valence-corrected chi connectivity index (χ0v) is 6.53. The van der Waals surface area contributed by atoms with E-state index >= 15 is 0 Å². The van der Waals surface area contributed by atoms with Gasteiger partial charge in [0.05, 0.1) is 14.2 Å². The molecule has 0 bridgehead atoms. The lowest BCUT2D eigenvalue weighted by atomic mass is 10.4. The van der Waals surface area contributed by atoms with E-state index in [-0.39, 0.29) is 0 Å². The summed E-state index contributed by atoms with van der Waals surface area (Å²) in [6, 6.07) is 0. The lowest BCUT2D eigenvalue weighted by Crippen LogP contribution is -2.13. The maximum atomic E-state index is 10.5. The van der Waals surface area contributed by atoms with Crippen molar-refractivity contribution in [1.29, 1.82) is 0 Å². The van der Waals surface area contributed by atoms with E-state index in [2.05, 4.69) is 9.47 Å². The van der Waals surface area contributed by atoms with Crippen molar-refractivity contribution in [2.45, 2.75) is 0 Å². The van der Waals surface area contributed by atoms with Gasteiger partial charge in [-0.25, -0.2) is 9.59 Å². The number of carbonyl (C=O) groups excluding carboxylic acids is 2. The molecule has 0 aromatic heterocycles. The van der Waals surface area contributed by atoms with E-state index < -0.39 is 23.5 Å². The quantitative estimate of drug-likeness (QED) is 0.339. The second-order valence-corrected chi connectivity index (χ2v) is 1.68. The van der Waals surface area contributed by atoms with Gasteiger partial charge in [0.1, 0.15) is 0 Å². The summed E-state index contributed by atoms with van der Waals surface area (Å²) in [5, 5.41) is 17.5. The molecule has 0 fully saturated rings. The third-order valence-corrected chi connectivity index (χ3v) is 0.982. The van der Waals surface area contributed by atoms with Crippen LogP contribution in [0.4, 0.5) is 0 Å². The van der Waals surface area contributed by atoms with Crippen LogP contribution in [0.2, 0.25) is 0 Å². The van der Waals surface area contributed by atoms with Gasteiger partial charge in [0, 0.05) is 0 Å². The highest BCUT2D eigenvalue weighted by atomic mass is 16.5. The number of aliphatic hydroxyl groups excluding tert-OH is 2. The Morgan fingerprint density at radius 2 is 1.17 bits per heavy atom. The van der Waals surface area contributed by atoms with Crippen LogP contribution in [0.1, 0.15) is 0 Å². The highest BCUT2D eigenvalue weighted by Gasteiger charge is 2.20. The van der Waals surface area contributed by atoms with Crippen molar-refractivity contribution < 1.29 is 29.3 Å². The Morgan fingerprint density at radius 3 is 1.33 bits per heavy atom. The highest BCUT2D eigenvalue weighted by molar-refractivity contribution is 5.96. The first-order valence-electron chi connectivity index (χ1n) is 2.83. The smallest absolute Gasteiger partial charge is 0.377 e. The lowest BCUT2D eigenvalue weighted by molar-refractivity contribution is -0.144. The molecule has 0 saturated carbocycles. The Hall–Kier alpha value is -1.72. The Kier molecular flexibility index (Phi) is 3.61. The average molecular weight is 176 g/mol. The standard InChI is InChI=1S/C6H8O6/c1-11-5(9)3(7)4(8)6(10)12-2/h7-8H,1-2H3. The first kappa shape index (κ1) is 10.3. The van der Waals surface area contributed by atoms with E-state index in [0.29, 0.717) is 0 Å². The van der Waals surface area contributed by atoms with E-state index in [1.54, 1.807) is 0 Å². The maximum absolute atomic E-state index is 10.5. The maximum Gasteiger partial charge on any atom is 0.377 e. The number of methoxy groups -OCH3 is 2. The number of hydrogen-bond donors (Lipinski definition) is 2. The molecule has 0 spiro atoms. The molecule has 0 aliphatic heterocycles. The van der Waals surface area contributed by atoms with Crippen LogP contribution >= 0.6 is 0 Å². The number of carbonyl (C=O) groups is 2. The molecule has 0 saturated heterocycles. The molecule has 6 heteroatoms. The minimum Gasteiger partial charge on any atom is -0.499 e. The van der Waals surface area contributed by atoms with Crippen LogP contribution in [-0.2, 0) is 19.1 Å². The van der Waals surface area contributed by atoms with Gasteiger partial charge < -0.3 is 19.7 Å². The highest BCUT2D eigenvalue weighted by Crippen LogP contribution is 2.01. The predicted octanol–water partition coefficient (Wildman–Crippen LogP) is -0.340. The van der Waals surface area contributed by atoms with Gasteiger partial charge in [0.25, 0.3) is 11.5 Å². The molecular weight excluding hydrogens is 168 g/mol. The van der Waals surface area contributed by atoms with Crippen LogP contribution < -0.4 is 0 Å². The van der Waals surface area contributed by atoms with Crippen molar-refractivity contribution in [3.63, 3.8) is 0 Å². The van der Waals surface area contributed by atoms with Crippen LogP contribution in [0.3, 0.4) is 0 Å². The summed E-state index contributed by atoms with van der Waals surface area (Å²) < 4.78 is 8.03. The number of hydrogen-bond acceptors (Lipinski definition) is 6. The van der Waals surface area contributed by atoms with Crippen molar-refractivity contribution in [3.05, 3.63) is 11.5 Å². The summed E-state index contributed by atoms with van der Waals surface area (Å²) in [5.74, 6) is -4.77. The Bertz CT molecular complexity index is 204. The van der Waals surface area contributed by atoms with Gasteiger partial charge in [-0.1, -0.05) is 0 Å². The summed E-state index contributed by atoms with van der Waals surface area (Å²) >= 11 is 0. The molecule has 0 aliphatic carbocycles. The second-order valence-electron chi connectivity index (χ2n) is 1.68. The van der Waals surface area contributed by atoms with E-state index in [0.717, 1.165) is 14.2 Å². The molecule has 0 atom stereocenters. The van der Waals surface area contributed by atoms with E-state index in [9.17, 15) is 9.59 Å². The summed E-state index contributed by atoms with van der Waals surface area (Å²) in [5.41, 5.74) is 0. The van der Waals surface area contributed by atoms with Crippen molar-refractivity contribution in [2.75, 3.05) is 14.2 Å². The third kappa shape index (κ3) is 2.15. The van der Waals surface area contributed by atoms with Gasteiger partial charge >= 0.3 is 11.9 Å². The summed E-state index contributed by atoms with van der Waals surface area (Å²) in [6.45, 7) is 0. The minimum absolute atomic E-state index is 0.989. The van der Waals surface area contributed by atoms with Crippen LogP contribution in [0.15, 0.2) is 11.5 Å². The molecule has 0 radical (unpaired) electrons. The lowest BCUT2D eigenvalue weighted by Gasteiger charge is -2.00. The van der Waals surface area contributed by atoms with Crippen LogP contribution in [0, 0.1) is 0 Å². The summed E-state index contributed by atoms with van der Waals surface area (Å²) in [6.07, 6.45) is 0. The molecule has 0 aromatic carbocycles. The van der Waals surface area contributed by atoms with Crippen LogP contribution in [0.5, 0.6) is 0 Å². The fraction of sp³-hybridized carbons (Fsp3) is 0.333. The molecule has 0 aromatic rings. The zero-order chi connectivity index (χ0) is 9.72. The SMILES string of the molecule is COC(=O)C(O)=C(O)C(=O)OC. The molecule has 0 heterocycles. The molecule has 0 aliphatic rings. The van der Waals surface area contributed by atoms with Gasteiger partial charge in [0.15, 0.2) is 0 Å². The fourth-order valence-electron chi connectivity index (χ4n) is 0.387. The van der Waals surface area contributed by atoms with E-state index in [1.165, 1.54) is 0 Å². The van der Waals surface area contributed by atoms with Crippen molar-refractivity contribution in [2.24, 2.45) is 0 Å². The van der Waals surface area contributed by atoms with Crippen LogP contribution in [-0.4, -0.2) is 36.4 Å². The second kappa shape index (κ2) is 4.22. The van der Waals surface area contributed by atoms with Gasteiger partial charge in [-0.2, -0.15) is 0 Å². The third-order valence-electron chi connectivity index (χ3n) is 0.982. The fourth-order valence-corrected chi connectivity index (χ4v) is 0.387. The van der Waals surface area contributed by atoms with Crippen molar-refractivity contribution >= 4 is 11.9 Å². The minimum atomic E-state index is -1.21. The Morgan fingerprint density at radius 1 is 0.917 bits per heavy atom. The average Bonchev–Trinajstić information content (AvgIpc) is 2.12. The van der Waals surface area contributed by atoms with Crippen LogP contribution in [0.25, 0.3) is 0 Å². The molecule has 0 unspecified atom stereocenters.